The Morgan fingerprint density at radius 2 is 1.84 bits per heavy atom. The van der Waals surface area contributed by atoms with Gasteiger partial charge in [0.1, 0.15) is 0 Å². The van der Waals surface area contributed by atoms with Crippen molar-refractivity contribution in [2.24, 2.45) is 4.99 Å². The van der Waals surface area contributed by atoms with E-state index in [2.05, 4.69) is 15.6 Å². The predicted octanol–water partition coefficient (Wildman–Crippen LogP) is 2.51. The van der Waals surface area contributed by atoms with Gasteiger partial charge >= 0.3 is 6.18 Å². The summed E-state index contributed by atoms with van der Waals surface area (Å²) in [6.45, 7) is 6.85. The number of hydrogen-bond acceptors (Lipinski definition) is 3. The minimum Gasteiger partial charge on any atom is -0.388 e. The molecule has 1 rings (SSSR count). The van der Waals surface area contributed by atoms with E-state index in [1.165, 1.54) is 4.90 Å². The van der Waals surface area contributed by atoms with Gasteiger partial charge in [-0.15, -0.1) is 0 Å². The Balaban J connectivity index is 2.61. The molecule has 148 valence electrons. The van der Waals surface area contributed by atoms with Crippen molar-refractivity contribution in [3.63, 3.8) is 0 Å². The van der Waals surface area contributed by atoms with Crippen LogP contribution in [-0.4, -0.2) is 66.5 Å². The van der Waals surface area contributed by atoms with Crippen LogP contribution in [0.25, 0.3) is 0 Å². The molecular weight excluding hydrogens is 333 g/mol. The summed E-state index contributed by atoms with van der Waals surface area (Å²) in [5.41, 5.74) is -0.816. The third kappa shape index (κ3) is 8.76. The van der Waals surface area contributed by atoms with Crippen LogP contribution in [-0.2, 0) is 0 Å². The Hall–Kier alpha value is -1.02. The Bertz CT molecular complexity index is 409. The van der Waals surface area contributed by atoms with E-state index in [1.807, 2.05) is 20.8 Å². The van der Waals surface area contributed by atoms with Crippen LogP contribution in [0.4, 0.5) is 13.2 Å². The number of likely N-dealkylation sites (tertiary alicyclic amines) is 1. The highest BCUT2D eigenvalue weighted by atomic mass is 19.4. The first-order chi connectivity index (χ1) is 11.7. The first-order valence-electron chi connectivity index (χ1n) is 9.27. The maximum atomic E-state index is 12.5. The minimum absolute atomic E-state index is 0.0643. The molecular formula is C17H33F3N4O. The van der Waals surface area contributed by atoms with E-state index in [0.29, 0.717) is 51.4 Å². The largest absolute Gasteiger partial charge is 0.401 e. The van der Waals surface area contributed by atoms with Crippen molar-refractivity contribution >= 4 is 5.96 Å². The molecule has 0 spiro atoms. The zero-order valence-corrected chi connectivity index (χ0v) is 15.6. The van der Waals surface area contributed by atoms with Gasteiger partial charge in [-0.25, -0.2) is 0 Å². The van der Waals surface area contributed by atoms with Crippen molar-refractivity contribution in [3.8, 4) is 0 Å². The molecule has 1 atom stereocenters. The van der Waals surface area contributed by atoms with Crippen LogP contribution < -0.4 is 10.6 Å². The van der Waals surface area contributed by atoms with Crippen molar-refractivity contribution in [2.45, 2.75) is 70.7 Å². The average Bonchev–Trinajstić information content (AvgIpc) is 2.90. The number of halogens is 3. The lowest BCUT2D eigenvalue weighted by atomic mass is 9.93. The first kappa shape index (κ1) is 22.0. The average molecular weight is 366 g/mol. The Morgan fingerprint density at radius 3 is 2.36 bits per heavy atom. The third-order valence-electron chi connectivity index (χ3n) is 4.32. The van der Waals surface area contributed by atoms with Crippen LogP contribution in [0.2, 0.25) is 0 Å². The molecule has 0 saturated carbocycles. The maximum absolute atomic E-state index is 12.5. The highest BCUT2D eigenvalue weighted by molar-refractivity contribution is 5.80. The number of rotatable bonds is 9. The van der Waals surface area contributed by atoms with E-state index in [1.54, 1.807) is 0 Å². The van der Waals surface area contributed by atoms with Gasteiger partial charge in [0, 0.05) is 25.7 Å². The summed E-state index contributed by atoms with van der Waals surface area (Å²) >= 11 is 0. The second kappa shape index (κ2) is 10.2. The van der Waals surface area contributed by atoms with Crippen molar-refractivity contribution in [1.29, 1.82) is 0 Å². The van der Waals surface area contributed by atoms with Crippen LogP contribution in [0.1, 0.15) is 52.9 Å². The summed E-state index contributed by atoms with van der Waals surface area (Å²) < 4.78 is 37.5. The number of aliphatic hydroxyl groups is 1. The molecule has 1 fully saturated rings. The van der Waals surface area contributed by atoms with Gasteiger partial charge < -0.3 is 15.7 Å². The van der Waals surface area contributed by atoms with E-state index in [9.17, 15) is 18.3 Å². The van der Waals surface area contributed by atoms with Crippen molar-refractivity contribution < 1.29 is 18.3 Å². The lowest BCUT2D eigenvalue weighted by Gasteiger charge is -2.26. The summed E-state index contributed by atoms with van der Waals surface area (Å²) in [6.07, 6.45) is -0.381. The summed E-state index contributed by atoms with van der Waals surface area (Å²) in [5.74, 6) is 0.562. The second-order valence-electron chi connectivity index (χ2n) is 6.90. The van der Waals surface area contributed by atoms with Gasteiger partial charge in [-0.05, 0) is 26.2 Å². The Morgan fingerprint density at radius 1 is 1.20 bits per heavy atom. The van der Waals surface area contributed by atoms with Crippen LogP contribution >= 0.6 is 0 Å². The fourth-order valence-electron chi connectivity index (χ4n) is 3.30. The minimum atomic E-state index is -4.16. The number of guanidine groups is 1. The molecule has 1 aliphatic heterocycles. The second-order valence-corrected chi connectivity index (χ2v) is 6.90. The zero-order valence-electron chi connectivity index (χ0n) is 15.6. The van der Waals surface area contributed by atoms with Crippen molar-refractivity contribution in [1.82, 2.24) is 15.5 Å². The van der Waals surface area contributed by atoms with Crippen LogP contribution in [0.15, 0.2) is 4.99 Å². The molecule has 0 bridgehead atoms. The number of nitrogens with zero attached hydrogens (tertiary/aromatic N) is 2. The van der Waals surface area contributed by atoms with E-state index in [-0.39, 0.29) is 6.04 Å². The normalized spacial score (nSPS) is 20.1. The summed E-state index contributed by atoms with van der Waals surface area (Å²) in [6, 6.07) is -0.0643. The van der Waals surface area contributed by atoms with E-state index < -0.39 is 18.3 Å². The molecule has 1 unspecified atom stereocenters. The molecule has 0 aromatic heterocycles. The molecule has 1 aliphatic rings. The van der Waals surface area contributed by atoms with Crippen molar-refractivity contribution in [2.75, 3.05) is 32.7 Å². The van der Waals surface area contributed by atoms with E-state index >= 15 is 0 Å². The Labute approximate surface area is 149 Å². The summed E-state index contributed by atoms with van der Waals surface area (Å²) in [7, 11) is 0. The molecule has 0 radical (unpaired) electrons. The number of hydrogen-bond donors (Lipinski definition) is 3. The smallest absolute Gasteiger partial charge is 0.388 e. The molecule has 8 heteroatoms. The molecule has 25 heavy (non-hydrogen) atoms. The van der Waals surface area contributed by atoms with Gasteiger partial charge in [-0.3, -0.25) is 9.89 Å². The van der Waals surface area contributed by atoms with Crippen LogP contribution in [0.3, 0.4) is 0 Å². The quantitative estimate of drug-likeness (QED) is 0.433. The SMILES string of the molecule is CCCC(O)(CCC)CN=C(NCC)NC1CCN(CC(F)(F)F)C1. The molecule has 1 saturated heterocycles. The van der Waals surface area contributed by atoms with Crippen LogP contribution in [0, 0.1) is 0 Å². The van der Waals surface area contributed by atoms with Gasteiger partial charge in [0.05, 0.1) is 18.7 Å². The van der Waals surface area contributed by atoms with Gasteiger partial charge in [0.25, 0.3) is 0 Å². The summed E-state index contributed by atoms with van der Waals surface area (Å²) in [5, 5.41) is 17.0. The lowest BCUT2D eigenvalue weighted by molar-refractivity contribution is -0.143. The lowest BCUT2D eigenvalue weighted by Crippen LogP contribution is -2.46. The highest BCUT2D eigenvalue weighted by Crippen LogP contribution is 2.21. The molecule has 3 N–H and O–H groups in total. The molecule has 0 aromatic rings. The standard InChI is InChI=1S/C17H33F3N4O/c1-4-8-16(25,9-5-2)12-22-15(21-6-3)23-14-7-10-24(11-14)13-17(18,19)20/h14,25H,4-13H2,1-3H3,(H2,21,22,23). The molecule has 5 nitrogen and oxygen atoms in total. The molecule has 1 heterocycles. The fourth-order valence-corrected chi connectivity index (χ4v) is 3.30. The van der Waals surface area contributed by atoms with E-state index in [0.717, 1.165) is 12.8 Å². The van der Waals surface area contributed by atoms with E-state index in [4.69, 9.17) is 0 Å². The molecule has 0 amide bonds. The third-order valence-corrected chi connectivity index (χ3v) is 4.32. The number of nitrogens with one attached hydrogen (secondary N) is 2. The number of alkyl halides is 3. The van der Waals surface area contributed by atoms with Gasteiger partial charge in [0.2, 0.25) is 0 Å². The first-order valence-corrected chi connectivity index (χ1v) is 9.27. The van der Waals surface area contributed by atoms with Crippen LogP contribution in [0.5, 0.6) is 0 Å². The highest BCUT2D eigenvalue weighted by Gasteiger charge is 2.34. The maximum Gasteiger partial charge on any atom is 0.401 e. The zero-order chi connectivity index (χ0) is 18.9. The molecule has 0 aromatic carbocycles. The van der Waals surface area contributed by atoms with Gasteiger partial charge in [-0.1, -0.05) is 26.7 Å². The fraction of sp³-hybridized carbons (Fsp3) is 0.941. The predicted molar refractivity (Wildman–Crippen MR) is 94.8 cm³/mol. The topological polar surface area (TPSA) is 59.9 Å². The Kier molecular flexibility index (Phi) is 8.99. The molecule has 0 aliphatic carbocycles. The van der Waals surface area contributed by atoms with Crippen molar-refractivity contribution in [3.05, 3.63) is 0 Å². The summed E-state index contributed by atoms with van der Waals surface area (Å²) in [4.78, 5) is 5.90. The van der Waals surface area contributed by atoms with Gasteiger partial charge in [0.15, 0.2) is 5.96 Å². The number of aliphatic imine (C=N–C) groups is 1. The monoisotopic (exact) mass is 366 g/mol. The van der Waals surface area contributed by atoms with Gasteiger partial charge in [-0.2, -0.15) is 13.2 Å².